The number of aromatic nitrogens is 1. The first-order valence-electron chi connectivity index (χ1n) is 7.92. The van der Waals surface area contributed by atoms with E-state index in [2.05, 4.69) is 5.16 Å². The number of halogens is 3. The summed E-state index contributed by atoms with van der Waals surface area (Å²) in [6.07, 6.45) is -3.31. The van der Waals surface area contributed by atoms with Gasteiger partial charge in [-0.1, -0.05) is 5.16 Å². The van der Waals surface area contributed by atoms with Crippen molar-refractivity contribution in [3.8, 4) is 6.07 Å². The van der Waals surface area contributed by atoms with E-state index in [1.165, 1.54) is 4.90 Å². The highest BCUT2D eigenvalue weighted by molar-refractivity contribution is 5.96. The molecule has 0 spiro atoms. The van der Waals surface area contributed by atoms with Crippen molar-refractivity contribution in [1.29, 1.82) is 5.26 Å². The molecule has 0 bridgehead atoms. The molecule has 2 heterocycles. The minimum Gasteiger partial charge on any atom is -0.368 e. The van der Waals surface area contributed by atoms with Crippen molar-refractivity contribution in [3.05, 3.63) is 46.6 Å². The predicted molar refractivity (Wildman–Crippen MR) is 85.0 cm³/mol. The molecule has 1 aromatic carbocycles. The first-order chi connectivity index (χ1) is 12.3. The molecule has 1 aliphatic heterocycles. The Morgan fingerprint density at radius 1 is 1.31 bits per heavy atom. The van der Waals surface area contributed by atoms with E-state index in [1.54, 1.807) is 12.1 Å². The van der Waals surface area contributed by atoms with Crippen LogP contribution in [0, 0.1) is 11.3 Å². The first kappa shape index (κ1) is 17.8. The predicted octanol–water partition coefficient (Wildman–Crippen LogP) is 3.17. The van der Waals surface area contributed by atoms with Crippen LogP contribution in [0.3, 0.4) is 0 Å². The van der Waals surface area contributed by atoms with Crippen molar-refractivity contribution in [2.75, 3.05) is 18.8 Å². The zero-order valence-corrected chi connectivity index (χ0v) is 13.6. The van der Waals surface area contributed by atoms with Gasteiger partial charge in [0.05, 0.1) is 28.5 Å². The highest BCUT2D eigenvalue weighted by Gasteiger charge is 2.33. The molecule has 0 saturated carbocycles. The molecule has 0 radical (unpaired) electrons. The fourth-order valence-corrected chi connectivity index (χ4v) is 3.04. The van der Waals surface area contributed by atoms with Crippen LogP contribution < -0.4 is 5.73 Å². The first-order valence-corrected chi connectivity index (χ1v) is 7.92. The minimum atomic E-state index is -4.56. The zero-order chi connectivity index (χ0) is 18.9. The van der Waals surface area contributed by atoms with E-state index >= 15 is 0 Å². The SMILES string of the molecule is N#Cc1cc(C(F)(F)F)ccc1C(=O)N1CCC(c2cc(N)on2)CC1. The van der Waals surface area contributed by atoms with Crippen molar-refractivity contribution in [2.45, 2.75) is 24.9 Å². The Morgan fingerprint density at radius 3 is 2.54 bits per heavy atom. The molecule has 2 N–H and O–H groups in total. The fourth-order valence-electron chi connectivity index (χ4n) is 3.04. The molecule has 0 unspecified atom stereocenters. The number of likely N-dealkylation sites (tertiary alicyclic amines) is 1. The lowest BCUT2D eigenvalue weighted by atomic mass is 9.93. The highest BCUT2D eigenvalue weighted by atomic mass is 19.4. The number of alkyl halides is 3. The maximum Gasteiger partial charge on any atom is 0.416 e. The largest absolute Gasteiger partial charge is 0.416 e. The summed E-state index contributed by atoms with van der Waals surface area (Å²) in [5.74, 6) is -0.126. The van der Waals surface area contributed by atoms with E-state index in [-0.39, 0.29) is 22.9 Å². The van der Waals surface area contributed by atoms with Crippen LogP contribution in [0.4, 0.5) is 19.1 Å². The number of benzene rings is 1. The number of carbonyl (C=O) groups is 1. The number of rotatable bonds is 2. The smallest absolute Gasteiger partial charge is 0.368 e. The number of nitriles is 1. The Morgan fingerprint density at radius 2 is 2.00 bits per heavy atom. The quantitative estimate of drug-likeness (QED) is 0.883. The number of anilines is 1. The molecule has 9 heteroatoms. The summed E-state index contributed by atoms with van der Waals surface area (Å²) >= 11 is 0. The Bertz CT molecular complexity index is 862. The summed E-state index contributed by atoms with van der Waals surface area (Å²) in [4.78, 5) is 14.2. The van der Waals surface area contributed by atoms with Gasteiger partial charge in [-0.05, 0) is 31.0 Å². The summed E-state index contributed by atoms with van der Waals surface area (Å²) in [5.41, 5.74) is 4.98. The molecular weight excluding hydrogens is 349 g/mol. The van der Waals surface area contributed by atoms with Crippen molar-refractivity contribution >= 4 is 11.8 Å². The topological polar surface area (TPSA) is 96.2 Å². The summed E-state index contributed by atoms with van der Waals surface area (Å²) in [7, 11) is 0. The van der Waals surface area contributed by atoms with Crippen LogP contribution in [0.5, 0.6) is 0 Å². The Hall–Kier alpha value is -3.02. The van der Waals surface area contributed by atoms with Crippen LogP contribution in [0.2, 0.25) is 0 Å². The lowest BCUT2D eigenvalue weighted by molar-refractivity contribution is -0.137. The molecule has 2 aromatic rings. The normalized spacial score (nSPS) is 15.7. The minimum absolute atomic E-state index is 0.0235. The number of nitrogens with zero attached hydrogens (tertiary/aromatic N) is 3. The molecule has 1 amide bonds. The van der Waals surface area contributed by atoms with Gasteiger partial charge in [0.25, 0.3) is 5.91 Å². The van der Waals surface area contributed by atoms with Crippen molar-refractivity contribution in [2.24, 2.45) is 0 Å². The average molecular weight is 364 g/mol. The van der Waals surface area contributed by atoms with Gasteiger partial charge in [0.15, 0.2) is 0 Å². The lowest BCUT2D eigenvalue weighted by Crippen LogP contribution is -2.38. The van der Waals surface area contributed by atoms with Gasteiger partial charge in [0.1, 0.15) is 0 Å². The number of piperidine rings is 1. The number of nitrogens with two attached hydrogens (primary N) is 1. The Balaban J connectivity index is 1.73. The summed E-state index contributed by atoms with van der Waals surface area (Å²) < 4.78 is 43.2. The third-order valence-corrected chi connectivity index (χ3v) is 4.44. The van der Waals surface area contributed by atoms with E-state index < -0.39 is 17.6 Å². The van der Waals surface area contributed by atoms with Gasteiger partial charge < -0.3 is 15.2 Å². The average Bonchev–Trinajstić information content (AvgIpc) is 3.06. The number of hydrogen-bond donors (Lipinski definition) is 1. The van der Waals surface area contributed by atoms with E-state index in [4.69, 9.17) is 15.5 Å². The van der Waals surface area contributed by atoms with Crippen LogP contribution in [0.15, 0.2) is 28.8 Å². The van der Waals surface area contributed by atoms with Gasteiger partial charge in [-0.25, -0.2) is 0 Å². The van der Waals surface area contributed by atoms with Gasteiger partial charge in [-0.15, -0.1) is 0 Å². The van der Waals surface area contributed by atoms with Crippen LogP contribution in [0.25, 0.3) is 0 Å². The molecule has 0 aliphatic carbocycles. The Kier molecular flexibility index (Phi) is 4.59. The molecular formula is C17H15F3N4O2. The monoisotopic (exact) mass is 364 g/mol. The molecule has 6 nitrogen and oxygen atoms in total. The molecule has 3 rings (SSSR count). The molecule has 1 aromatic heterocycles. The zero-order valence-electron chi connectivity index (χ0n) is 13.6. The van der Waals surface area contributed by atoms with Crippen LogP contribution in [-0.2, 0) is 6.18 Å². The third kappa shape index (κ3) is 3.49. The van der Waals surface area contributed by atoms with Gasteiger partial charge in [0.2, 0.25) is 5.88 Å². The second kappa shape index (κ2) is 6.71. The summed E-state index contributed by atoms with van der Waals surface area (Å²) in [5, 5.41) is 13.0. The van der Waals surface area contributed by atoms with Crippen LogP contribution >= 0.6 is 0 Å². The van der Waals surface area contributed by atoms with Crippen molar-refractivity contribution in [1.82, 2.24) is 10.1 Å². The molecule has 1 saturated heterocycles. The van der Waals surface area contributed by atoms with Gasteiger partial charge in [-0.3, -0.25) is 4.79 Å². The second-order valence-corrected chi connectivity index (χ2v) is 6.09. The molecule has 136 valence electrons. The van der Waals surface area contributed by atoms with Gasteiger partial charge in [0, 0.05) is 25.1 Å². The number of amides is 1. The van der Waals surface area contributed by atoms with E-state index in [9.17, 15) is 18.0 Å². The van der Waals surface area contributed by atoms with E-state index in [0.29, 0.717) is 32.0 Å². The maximum absolute atomic E-state index is 12.8. The van der Waals surface area contributed by atoms with Crippen molar-refractivity contribution < 1.29 is 22.5 Å². The van der Waals surface area contributed by atoms with Crippen molar-refractivity contribution in [3.63, 3.8) is 0 Å². The maximum atomic E-state index is 12.8. The summed E-state index contributed by atoms with van der Waals surface area (Å²) in [6, 6.07) is 5.91. The molecule has 1 aliphatic rings. The second-order valence-electron chi connectivity index (χ2n) is 6.09. The fraction of sp³-hybridized carbons (Fsp3) is 0.353. The molecule has 26 heavy (non-hydrogen) atoms. The lowest BCUT2D eigenvalue weighted by Gasteiger charge is -2.31. The van der Waals surface area contributed by atoms with E-state index in [0.717, 1.165) is 17.8 Å². The number of hydrogen-bond acceptors (Lipinski definition) is 5. The number of nitrogen functional groups attached to an aromatic ring is 1. The Labute approximate surface area is 147 Å². The van der Waals surface area contributed by atoms with Crippen LogP contribution in [-0.4, -0.2) is 29.1 Å². The van der Waals surface area contributed by atoms with Gasteiger partial charge >= 0.3 is 6.18 Å². The van der Waals surface area contributed by atoms with E-state index in [1.807, 2.05) is 0 Å². The molecule has 1 fully saturated rings. The third-order valence-electron chi connectivity index (χ3n) is 4.44. The van der Waals surface area contributed by atoms with Gasteiger partial charge in [-0.2, -0.15) is 18.4 Å². The van der Waals surface area contributed by atoms with Crippen LogP contribution in [0.1, 0.15) is 45.9 Å². The standard InChI is InChI=1S/C17H15F3N4O2/c18-17(19,20)12-1-2-13(11(7-12)9-21)16(25)24-5-3-10(4-6-24)14-8-15(22)26-23-14/h1-2,7-8,10H,3-6,22H2. The highest BCUT2D eigenvalue weighted by Crippen LogP contribution is 2.32. The summed E-state index contributed by atoms with van der Waals surface area (Å²) in [6.45, 7) is 0.810. The molecule has 0 atom stereocenters. The number of carbonyl (C=O) groups excluding carboxylic acids is 1.